The third kappa shape index (κ3) is 2.24. The van der Waals surface area contributed by atoms with Crippen molar-refractivity contribution in [2.75, 3.05) is 0 Å². The normalized spacial score (nSPS) is 10.9. The van der Waals surface area contributed by atoms with Gasteiger partial charge >= 0.3 is 0 Å². The number of carbonyl (C=O) groups excluding carboxylic acids is 1. The molecule has 20 heavy (non-hydrogen) atoms. The minimum atomic E-state index is -0.270. The van der Waals surface area contributed by atoms with Crippen LogP contribution >= 0.6 is 39.1 Å². The van der Waals surface area contributed by atoms with Crippen molar-refractivity contribution in [3.05, 3.63) is 62.9 Å². The Labute approximate surface area is 133 Å². The van der Waals surface area contributed by atoms with Crippen LogP contribution in [0, 0.1) is 0 Å². The quantitative estimate of drug-likeness (QED) is 0.617. The zero-order valence-corrected chi connectivity index (χ0v) is 13.1. The van der Waals surface area contributed by atoms with Gasteiger partial charge in [-0.2, -0.15) is 0 Å². The maximum atomic E-state index is 12.6. The topological polar surface area (TPSA) is 34.9 Å². The highest BCUT2D eigenvalue weighted by atomic mass is 79.9. The molecular weight excluding hydrogens is 363 g/mol. The molecule has 100 valence electrons. The van der Waals surface area contributed by atoms with Crippen LogP contribution in [0.5, 0.6) is 0 Å². The third-order valence-electron chi connectivity index (χ3n) is 2.93. The van der Waals surface area contributed by atoms with Crippen LogP contribution in [0.4, 0.5) is 0 Å². The first-order chi connectivity index (χ1) is 9.58. The van der Waals surface area contributed by atoms with Crippen molar-refractivity contribution in [2.24, 2.45) is 0 Å². The molecule has 1 aromatic carbocycles. The molecule has 0 atom stereocenters. The van der Waals surface area contributed by atoms with Gasteiger partial charge in [-0.1, -0.05) is 39.1 Å². The smallest absolute Gasteiger partial charge is 0.265 e. The molecule has 0 fully saturated rings. The maximum absolute atomic E-state index is 12.6. The summed E-state index contributed by atoms with van der Waals surface area (Å²) in [5, 5.41) is 1.50. The summed E-state index contributed by atoms with van der Waals surface area (Å²) in [6, 6.07) is 6.89. The maximum Gasteiger partial charge on any atom is 0.265 e. The second-order valence-corrected chi connectivity index (χ2v) is 5.90. The fourth-order valence-corrected chi connectivity index (χ4v) is 3.40. The lowest BCUT2D eigenvalue weighted by molar-refractivity contribution is 0.0965. The predicted molar refractivity (Wildman–Crippen MR) is 83.6 cm³/mol. The third-order valence-corrected chi connectivity index (χ3v) is 3.98. The second-order valence-electron chi connectivity index (χ2n) is 4.17. The number of nitrogens with zero attached hydrogens (tertiary/aromatic N) is 2. The monoisotopic (exact) mass is 368 g/mol. The van der Waals surface area contributed by atoms with Crippen molar-refractivity contribution in [1.29, 1.82) is 0 Å². The summed E-state index contributed by atoms with van der Waals surface area (Å²) in [7, 11) is 0. The Morgan fingerprint density at radius 1 is 1.20 bits per heavy atom. The molecule has 0 unspecified atom stereocenters. The number of halogens is 3. The number of benzene rings is 1. The first-order valence-electron chi connectivity index (χ1n) is 5.68. The van der Waals surface area contributed by atoms with Gasteiger partial charge in [-0.05, 0) is 24.3 Å². The zero-order chi connectivity index (χ0) is 14.3. The number of hydrogen-bond acceptors (Lipinski definition) is 2. The molecule has 0 saturated carbocycles. The van der Waals surface area contributed by atoms with Crippen molar-refractivity contribution in [3.8, 4) is 0 Å². The van der Waals surface area contributed by atoms with Gasteiger partial charge in [0.1, 0.15) is 0 Å². The van der Waals surface area contributed by atoms with E-state index in [9.17, 15) is 4.79 Å². The Kier molecular flexibility index (Phi) is 3.54. The highest BCUT2D eigenvalue weighted by Gasteiger charge is 2.18. The van der Waals surface area contributed by atoms with E-state index in [0.29, 0.717) is 10.0 Å². The van der Waals surface area contributed by atoms with Gasteiger partial charge in [0, 0.05) is 28.4 Å². The number of rotatable bonds is 1. The lowest BCUT2D eigenvalue weighted by atomic mass is 10.2. The van der Waals surface area contributed by atoms with Gasteiger partial charge in [-0.15, -0.1) is 0 Å². The molecule has 2 aromatic heterocycles. The molecule has 0 aliphatic heterocycles. The van der Waals surface area contributed by atoms with Crippen LogP contribution in [0.1, 0.15) is 10.4 Å². The van der Waals surface area contributed by atoms with Crippen LogP contribution in [-0.4, -0.2) is 15.5 Å². The summed E-state index contributed by atoms with van der Waals surface area (Å²) in [5.74, 6) is -0.270. The summed E-state index contributed by atoms with van der Waals surface area (Å²) >= 11 is 15.6. The first kappa shape index (κ1) is 13.6. The molecule has 3 rings (SSSR count). The lowest BCUT2D eigenvalue weighted by Gasteiger charge is -2.08. The van der Waals surface area contributed by atoms with E-state index in [-0.39, 0.29) is 11.5 Å². The molecule has 0 amide bonds. The average Bonchev–Trinajstić information content (AvgIpc) is 2.81. The first-order valence-corrected chi connectivity index (χ1v) is 7.23. The van der Waals surface area contributed by atoms with Crippen LogP contribution in [0.3, 0.4) is 0 Å². The van der Waals surface area contributed by atoms with E-state index in [2.05, 4.69) is 20.9 Å². The van der Waals surface area contributed by atoms with Gasteiger partial charge in [-0.25, -0.2) is 0 Å². The Hall–Kier alpha value is -1.36. The van der Waals surface area contributed by atoms with Crippen molar-refractivity contribution in [3.63, 3.8) is 0 Å². The molecule has 0 spiro atoms. The summed E-state index contributed by atoms with van der Waals surface area (Å²) < 4.78 is 2.24. The highest BCUT2D eigenvalue weighted by molar-refractivity contribution is 9.10. The van der Waals surface area contributed by atoms with Crippen LogP contribution in [-0.2, 0) is 0 Å². The van der Waals surface area contributed by atoms with Crippen molar-refractivity contribution >= 4 is 55.9 Å². The summed E-state index contributed by atoms with van der Waals surface area (Å²) in [4.78, 5) is 16.7. The minimum Gasteiger partial charge on any atom is -0.283 e. The highest BCUT2D eigenvalue weighted by Crippen LogP contribution is 2.30. The molecule has 3 aromatic rings. The average molecular weight is 370 g/mol. The van der Waals surface area contributed by atoms with Gasteiger partial charge in [0.25, 0.3) is 5.91 Å². The molecule has 6 heteroatoms. The predicted octanol–water partition coefficient (Wildman–Crippen LogP) is 4.79. The Morgan fingerprint density at radius 3 is 2.60 bits per heavy atom. The van der Waals surface area contributed by atoms with E-state index in [1.165, 1.54) is 4.57 Å². The largest absolute Gasteiger partial charge is 0.283 e. The molecule has 0 aliphatic rings. The fourth-order valence-electron chi connectivity index (χ4n) is 2.03. The lowest BCUT2D eigenvalue weighted by Crippen LogP contribution is -2.12. The van der Waals surface area contributed by atoms with E-state index >= 15 is 0 Å². The van der Waals surface area contributed by atoms with Gasteiger partial charge in [0.05, 0.1) is 21.1 Å². The van der Waals surface area contributed by atoms with Crippen LogP contribution in [0.25, 0.3) is 10.9 Å². The second kappa shape index (κ2) is 5.20. The molecule has 0 saturated heterocycles. The molecule has 2 heterocycles. The van der Waals surface area contributed by atoms with Crippen LogP contribution in [0.15, 0.2) is 47.3 Å². The van der Waals surface area contributed by atoms with E-state index in [0.717, 1.165) is 15.4 Å². The number of pyridine rings is 1. The Balaban J connectivity index is 2.19. The van der Waals surface area contributed by atoms with Crippen LogP contribution < -0.4 is 0 Å². The minimum absolute atomic E-state index is 0.270. The van der Waals surface area contributed by atoms with Gasteiger partial charge in [0.15, 0.2) is 0 Å². The number of aromatic nitrogens is 2. The number of carbonyl (C=O) groups is 1. The zero-order valence-electron chi connectivity index (χ0n) is 9.98. The fraction of sp³-hybridized carbons (Fsp3) is 0. The molecule has 0 N–H and O–H groups in total. The molecule has 0 bridgehead atoms. The molecule has 0 aliphatic carbocycles. The van der Waals surface area contributed by atoms with E-state index in [1.807, 2.05) is 6.07 Å². The van der Waals surface area contributed by atoms with Gasteiger partial charge < -0.3 is 0 Å². The number of fused-ring (bicyclic) bond motifs is 1. The Bertz CT molecular complexity index is 806. The summed E-state index contributed by atoms with van der Waals surface area (Å²) in [6.07, 6.45) is 5.02. The standard InChI is InChI=1S/C14H7BrCl2N2O/c15-9-5-10(16)13(11(17)6-9)14(20)19-4-2-8-7-18-3-1-12(8)19/h1-7H. The molecular formula is C14H7BrCl2N2O. The van der Waals surface area contributed by atoms with Crippen molar-refractivity contribution in [2.45, 2.75) is 0 Å². The molecule has 3 nitrogen and oxygen atoms in total. The van der Waals surface area contributed by atoms with E-state index < -0.39 is 0 Å². The SMILES string of the molecule is O=C(c1c(Cl)cc(Br)cc1Cl)n1ccc2cnccc21. The summed E-state index contributed by atoms with van der Waals surface area (Å²) in [5.41, 5.74) is 1.05. The number of hydrogen-bond donors (Lipinski definition) is 0. The van der Waals surface area contributed by atoms with E-state index in [4.69, 9.17) is 23.2 Å². The Morgan fingerprint density at radius 2 is 1.90 bits per heavy atom. The van der Waals surface area contributed by atoms with Crippen molar-refractivity contribution < 1.29 is 4.79 Å². The van der Waals surface area contributed by atoms with Crippen LogP contribution in [0.2, 0.25) is 10.0 Å². The van der Waals surface area contributed by atoms with E-state index in [1.54, 1.807) is 36.8 Å². The summed E-state index contributed by atoms with van der Waals surface area (Å²) in [6.45, 7) is 0. The van der Waals surface area contributed by atoms with Gasteiger partial charge in [-0.3, -0.25) is 14.3 Å². The molecule has 0 radical (unpaired) electrons. The van der Waals surface area contributed by atoms with Crippen molar-refractivity contribution in [1.82, 2.24) is 9.55 Å². The van der Waals surface area contributed by atoms with Gasteiger partial charge in [0.2, 0.25) is 0 Å².